The van der Waals surface area contributed by atoms with Crippen LogP contribution in [-0.4, -0.2) is 42.5 Å². The molecule has 0 aliphatic rings. The number of amides is 1. The third kappa shape index (κ3) is 8.66. The number of carbonyl (C=O) groups is 1. The van der Waals surface area contributed by atoms with E-state index in [9.17, 15) is 4.79 Å². The van der Waals surface area contributed by atoms with Crippen LogP contribution in [0, 0.1) is 0 Å². The third-order valence-electron chi connectivity index (χ3n) is 3.06. The zero-order valence-corrected chi connectivity index (χ0v) is 14.9. The Morgan fingerprint density at radius 3 is 2.67 bits per heavy atom. The first-order chi connectivity index (χ1) is 8.43. The molecular formula is C13H29NO2Si2. The fraction of sp³-hybridized carbons (Fsp3) is 0.769. The normalized spacial score (nSPS) is 12.0. The van der Waals surface area contributed by atoms with E-state index in [1.165, 1.54) is 25.0 Å². The first-order valence-corrected chi connectivity index (χ1v) is 11.6. The van der Waals surface area contributed by atoms with Crippen molar-refractivity contribution in [1.82, 2.24) is 4.90 Å². The second-order valence-corrected chi connectivity index (χ2v) is 11.7. The predicted octanol–water partition coefficient (Wildman–Crippen LogP) is 2.54. The Bertz CT molecular complexity index is 257. The molecule has 0 aromatic carbocycles. The standard InChI is InChI=1S/C13H29NO2Si2/c1-6-8-11-17-16-18(4,5)12-9-10-14(3)13(15)7-2/h7H,2,6,8-12,17H2,1,3-5H3. The minimum absolute atomic E-state index is 0.00714. The summed E-state index contributed by atoms with van der Waals surface area (Å²) < 4.78 is 6.15. The monoisotopic (exact) mass is 287 g/mol. The number of carbonyl (C=O) groups excluding carboxylic acids is 1. The molecule has 0 aromatic heterocycles. The van der Waals surface area contributed by atoms with Crippen LogP contribution in [0.1, 0.15) is 26.2 Å². The van der Waals surface area contributed by atoms with E-state index in [4.69, 9.17) is 4.12 Å². The minimum atomic E-state index is -1.47. The number of rotatable bonds is 10. The van der Waals surface area contributed by atoms with E-state index in [1.807, 2.05) is 7.05 Å². The Balaban J connectivity index is 3.75. The highest BCUT2D eigenvalue weighted by Crippen LogP contribution is 2.14. The number of hydrogen-bond donors (Lipinski definition) is 0. The highest BCUT2D eigenvalue weighted by Gasteiger charge is 2.21. The van der Waals surface area contributed by atoms with Gasteiger partial charge in [0.2, 0.25) is 5.91 Å². The maximum atomic E-state index is 11.3. The van der Waals surface area contributed by atoms with Crippen LogP contribution in [0.3, 0.4) is 0 Å². The van der Waals surface area contributed by atoms with Gasteiger partial charge in [-0.05, 0) is 37.7 Å². The highest BCUT2D eigenvalue weighted by atomic mass is 28.4. The number of nitrogens with zero attached hydrogens (tertiary/aromatic N) is 1. The summed E-state index contributed by atoms with van der Waals surface area (Å²) in [5.74, 6) is 0.00714. The van der Waals surface area contributed by atoms with E-state index < -0.39 is 8.32 Å². The summed E-state index contributed by atoms with van der Waals surface area (Å²) in [7, 11) is 0.0554. The van der Waals surface area contributed by atoms with E-state index in [2.05, 4.69) is 26.6 Å². The summed E-state index contributed by atoms with van der Waals surface area (Å²) in [5.41, 5.74) is 0. The lowest BCUT2D eigenvalue weighted by Gasteiger charge is -2.24. The van der Waals surface area contributed by atoms with E-state index in [-0.39, 0.29) is 15.7 Å². The molecule has 0 heterocycles. The van der Waals surface area contributed by atoms with Gasteiger partial charge < -0.3 is 9.02 Å². The van der Waals surface area contributed by atoms with Gasteiger partial charge in [-0.15, -0.1) is 0 Å². The molecule has 0 aliphatic carbocycles. The molecule has 0 radical (unpaired) electrons. The molecule has 0 saturated heterocycles. The zero-order valence-electron chi connectivity index (χ0n) is 12.5. The quantitative estimate of drug-likeness (QED) is 0.351. The topological polar surface area (TPSA) is 29.5 Å². The maximum Gasteiger partial charge on any atom is 0.245 e. The molecule has 106 valence electrons. The lowest BCUT2D eigenvalue weighted by molar-refractivity contribution is -0.124. The van der Waals surface area contributed by atoms with E-state index >= 15 is 0 Å². The van der Waals surface area contributed by atoms with Gasteiger partial charge in [-0.3, -0.25) is 4.79 Å². The van der Waals surface area contributed by atoms with Crippen molar-refractivity contribution in [3.05, 3.63) is 12.7 Å². The average molecular weight is 288 g/mol. The fourth-order valence-corrected chi connectivity index (χ4v) is 6.86. The van der Waals surface area contributed by atoms with Crippen LogP contribution in [0.25, 0.3) is 0 Å². The molecule has 0 aromatic rings. The molecule has 1 amide bonds. The Hall–Kier alpha value is -0.396. The smallest absolute Gasteiger partial charge is 0.245 e. The van der Waals surface area contributed by atoms with Gasteiger partial charge in [0.1, 0.15) is 9.76 Å². The van der Waals surface area contributed by atoms with Gasteiger partial charge in [-0.25, -0.2) is 0 Å². The summed E-state index contributed by atoms with van der Waals surface area (Å²) >= 11 is 0. The van der Waals surface area contributed by atoms with Crippen LogP contribution >= 0.6 is 0 Å². The van der Waals surface area contributed by atoms with Crippen LogP contribution in [0.4, 0.5) is 0 Å². The number of hydrogen-bond acceptors (Lipinski definition) is 2. The van der Waals surface area contributed by atoms with Crippen molar-refractivity contribution in [1.29, 1.82) is 0 Å². The summed E-state index contributed by atoms with van der Waals surface area (Å²) in [4.78, 5) is 13.0. The van der Waals surface area contributed by atoms with Gasteiger partial charge in [0.15, 0.2) is 8.32 Å². The van der Waals surface area contributed by atoms with Gasteiger partial charge in [0.25, 0.3) is 0 Å². The summed E-state index contributed by atoms with van der Waals surface area (Å²) in [6, 6.07) is 2.45. The van der Waals surface area contributed by atoms with Crippen molar-refractivity contribution < 1.29 is 8.91 Å². The van der Waals surface area contributed by atoms with Crippen LogP contribution in [-0.2, 0) is 8.91 Å². The highest BCUT2D eigenvalue weighted by molar-refractivity contribution is 6.75. The predicted molar refractivity (Wildman–Crippen MR) is 84.1 cm³/mol. The Morgan fingerprint density at radius 1 is 1.44 bits per heavy atom. The number of unbranched alkanes of at least 4 members (excludes halogenated alkanes) is 1. The van der Waals surface area contributed by atoms with Crippen molar-refractivity contribution in [3.63, 3.8) is 0 Å². The largest absolute Gasteiger partial charge is 0.460 e. The van der Waals surface area contributed by atoms with Gasteiger partial charge in [-0.2, -0.15) is 0 Å². The molecule has 0 atom stereocenters. The van der Waals surface area contributed by atoms with E-state index in [1.54, 1.807) is 4.90 Å². The lowest BCUT2D eigenvalue weighted by atomic mass is 10.4. The van der Waals surface area contributed by atoms with E-state index in [0.717, 1.165) is 19.0 Å². The molecule has 0 spiro atoms. The molecule has 0 aliphatic heterocycles. The Morgan fingerprint density at radius 2 is 2.11 bits per heavy atom. The van der Waals surface area contributed by atoms with E-state index in [0.29, 0.717) is 0 Å². The first-order valence-electron chi connectivity index (χ1n) is 6.94. The SMILES string of the molecule is C=CC(=O)N(C)CCC[Si](C)(C)O[SiH2]CCCC. The Kier molecular flexibility index (Phi) is 9.31. The Labute approximate surface area is 116 Å². The third-order valence-corrected chi connectivity index (χ3v) is 9.35. The molecule has 18 heavy (non-hydrogen) atoms. The molecule has 0 unspecified atom stereocenters. The molecule has 3 nitrogen and oxygen atoms in total. The maximum absolute atomic E-state index is 11.3. The van der Waals surface area contributed by atoms with Crippen LogP contribution < -0.4 is 0 Å². The van der Waals surface area contributed by atoms with Crippen molar-refractivity contribution in [2.45, 2.75) is 51.4 Å². The number of likely N-dealkylation sites (N-methyl/N-ethyl adjacent to an activating group) is 1. The van der Waals surface area contributed by atoms with Gasteiger partial charge in [0.05, 0.1) is 0 Å². The molecule has 0 N–H and O–H groups in total. The van der Waals surface area contributed by atoms with Gasteiger partial charge >= 0.3 is 0 Å². The van der Waals surface area contributed by atoms with Gasteiger partial charge in [0, 0.05) is 13.6 Å². The molecular weight excluding hydrogens is 258 g/mol. The second-order valence-electron chi connectivity index (χ2n) is 5.38. The lowest BCUT2D eigenvalue weighted by Crippen LogP contribution is -2.34. The fourth-order valence-electron chi connectivity index (χ4n) is 1.78. The zero-order chi connectivity index (χ0) is 14.0. The summed E-state index contributed by atoms with van der Waals surface area (Å²) in [6.45, 7) is 11.1. The summed E-state index contributed by atoms with van der Waals surface area (Å²) in [6.07, 6.45) is 4.99. The average Bonchev–Trinajstić information content (AvgIpc) is 2.33. The molecule has 0 saturated carbocycles. The van der Waals surface area contributed by atoms with Crippen LogP contribution in [0.5, 0.6) is 0 Å². The van der Waals surface area contributed by atoms with Crippen molar-refractivity contribution in [3.8, 4) is 0 Å². The summed E-state index contributed by atoms with van der Waals surface area (Å²) in [5, 5.41) is 0. The van der Waals surface area contributed by atoms with Crippen molar-refractivity contribution in [2.75, 3.05) is 13.6 Å². The van der Waals surface area contributed by atoms with Crippen molar-refractivity contribution >= 4 is 24.0 Å². The second kappa shape index (κ2) is 9.52. The minimum Gasteiger partial charge on any atom is -0.460 e. The molecule has 0 rings (SSSR count). The van der Waals surface area contributed by atoms with Gasteiger partial charge in [-0.1, -0.05) is 26.3 Å². The first kappa shape index (κ1) is 17.6. The van der Waals surface area contributed by atoms with Crippen molar-refractivity contribution in [2.24, 2.45) is 0 Å². The van der Waals surface area contributed by atoms with Crippen LogP contribution in [0.15, 0.2) is 12.7 Å². The molecule has 5 heteroatoms. The molecule has 0 fully saturated rings. The molecule has 0 bridgehead atoms. The van der Waals surface area contributed by atoms with Crippen LogP contribution in [0.2, 0.25) is 25.2 Å².